The minimum absolute atomic E-state index is 0.597. The van der Waals surface area contributed by atoms with Gasteiger partial charge in [-0.1, -0.05) is 26.7 Å². The van der Waals surface area contributed by atoms with Gasteiger partial charge < -0.3 is 9.88 Å². The van der Waals surface area contributed by atoms with Crippen LogP contribution in [0.2, 0.25) is 0 Å². The van der Waals surface area contributed by atoms with Crippen LogP contribution >= 0.6 is 0 Å². The molecule has 3 nitrogen and oxygen atoms in total. The number of nitrogens with one attached hydrogen (secondary N) is 1. The van der Waals surface area contributed by atoms with E-state index in [1.807, 2.05) is 0 Å². The molecule has 1 saturated carbocycles. The lowest BCUT2D eigenvalue weighted by Gasteiger charge is -2.24. The molecule has 0 aromatic carbocycles. The molecule has 1 atom stereocenters. The number of rotatable bonds is 4. The molecule has 2 heterocycles. The summed E-state index contributed by atoms with van der Waals surface area (Å²) >= 11 is 0. The van der Waals surface area contributed by atoms with Crippen LogP contribution in [0.4, 0.5) is 0 Å². The second-order valence-electron chi connectivity index (χ2n) is 7.12. The second-order valence-corrected chi connectivity index (χ2v) is 7.12. The predicted octanol–water partition coefficient (Wildman–Crippen LogP) is 3.79. The fraction of sp³-hybridized carbons (Fsp3) is 0.824. The SMILES string of the molecule is CC(C)CC(C)n1c(C2CCCC2)nc2c1CCNC2. The van der Waals surface area contributed by atoms with Gasteiger partial charge in [0.2, 0.25) is 0 Å². The van der Waals surface area contributed by atoms with Crippen molar-refractivity contribution in [1.82, 2.24) is 14.9 Å². The summed E-state index contributed by atoms with van der Waals surface area (Å²) < 4.78 is 2.63. The Morgan fingerprint density at radius 2 is 2.00 bits per heavy atom. The molecule has 20 heavy (non-hydrogen) atoms. The molecular weight excluding hydrogens is 246 g/mol. The van der Waals surface area contributed by atoms with E-state index in [2.05, 4.69) is 30.7 Å². The summed E-state index contributed by atoms with van der Waals surface area (Å²) in [5.74, 6) is 2.88. The number of nitrogens with zero attached hydrogens (tertiary/aromatic N) is 2. The first kappa shape index (κ1) is 14.1. The number of fused-ring (bicyclic) bond motifs is 1. The van der Waals surface area contributed by atoms with Crippen LogP contribution < -0.4 is 5.32 Å². The molecule has 1 fully saturated rings. The topological polar surface area (TPSA) is 29.9 Å². The lowest BCUT2D eigenvalue weighted by Crippen LogP contribution is -2.26. The molecule has 1 aliphatic carbocycles. The van der Waals surface area contributed by atoms with Gasteiger partial charge in [0.15, 0.2) is 0 Å². The maximum Gasteiger partial charge on any atom is 0.112 e. The van der Waals surface area contributed by atoms with Gasteiger partial charge in [-0.05, 0) is 32.1 Å². The molecule has 0 spiro atoms. The van der Waals surface area contributed by atoms with Crippen LogP contribution in [0, 0.1) is 5.92 Å². The zero-order valence-electron chi connectivity index (χ0n) is 13.3. The summed E-state index contributed by atoms with van der Waals surface area (Å²) in [5.41, 5.74) is 2.85. The quantitative estimate of drug-likeness (QED) is 0.906. The third kappa shape index (κ3) is 2.65. The minimum Gasteiger partial charge on any atom is -0.329 e. The van der Waals surface area contributed by atoms with E-state index < -0.39 is 0 Å². The highest BCUT2D eigenvalue weighted by molar-refractivity contribution is 5.23. The van der Waals surface area contributed by atoms with Crippen LogP contribution in [0.3, 0.4) is 0 Å². The molecule has 0 bridgehead atoms. The van der Waals surface area contributed by atoms with Crippen molar-refractivity contribution in [3.63, 3.8) is 0 Å². The Labute approximate surface area is 123 Å². The molecule has 0 amide bonds. The molecule has 112 valence electrons. The van der Waals surface area contributed by atoms with Gasteiger partial charge in [-0.2, -0.15) is 0 Å². The Kier molecular flexibility index (Phi) is 4.16. The molecule has 1 N–H and O–H groups in total. The Bertz CT molecular complexity index is 455. The van der Waals surface area contributed by atoms with E-state index in [4.69, 9.17) is 4.98 Å². The predicted molar refractivity (Wildman–Crippen MR) is 83.0 cm³/mol. The molecule has 1 aliphatic heterocycles. The zero-order chi connectivity index (χ0) is 14.1. The number of hydrogen-bond donors (Lipinski definition) is 1. The monoisotopic (exact) mass is 275 g/mol. The molecule has 3 rings (SSSR count). The Morgan fingerprint density at radius 3 is 2.70 bits per heavy atom. The zero-order valence-corrected chi connectivity index (χ0v) is 13.3. The van der Waals surface area contributed by atoms with E-state index in [1.54, 1.807) is 0 Å². The van der Waals surface area contributed by atoms with Crippen molar-refractivity contribution in [2.45, 2.75) is 77.8 Å². The van der Waals surface area contributed by atoms with Gasteiger partial charge in [-0.15, -0.1) is 0 Å². The summed E-state index contributed by atoms with van der Waals surface area (Å²) in [4.78, 5) is 5.06. The summed E-state index contributed by atoms with van der Waals surface area (Å²) in [6.07, 6.45) is 7.88. The van der Waals surface area contributed by atoms with Gasteiger partial charge in [0.1, 0.15) is 5.82 Å². The summed E-state index contributed by atoms with van der Waals surface area (Å²) in [7, 11) is 0. The van der Waals surface area contributed by atoms with Crippen molar-refractivity contribution in [1.29, 1.82) is 0 Å². The lowest BCUT2D eigenvalue weighted by molar-refractivity contribution is 0.396. The third-order valence-electron chi connectivity index (χ3n) is 4.92. The van der Waals surface area contributed by atoms with Crippen molar-refractivity contribution < 1.29 is 0 Å². The highest BCUT2D eigenvalue weighted by Gasteiger charge is 2.29. The van der Waals surface area contributed by atoms with Crippen LogP contribution in [0.1, 0.15) is 82.0 Å². The van der Waals surface area contributed by atoms with Crippen LogP contribution in [0.5, 0.6) is 0 Å². The van der Waals surface area contributed by atoms with E-state index >= 15 is 0 Å². The largest absolute Gasteiger partial charge is 0.329 e. The van der Waals surface area contributed by atoms with E-state index in [0.717, 1.165) is 31.3 Å². The molecule has 0 saturated heterocycles. The average Bonchev–Trinajstić information content (AvgIpc) is 3.04. The van der Waals surface area contributed by atoms with Crippen LogP contribution in [0.15, 0.2) is 0 Å². The highest BCUT2D eigenvalue weighted by Crippen LogP contribution is 2.37. The molecule has 0 radical (unpaired) electrons. The van der Waals surface area contributed by atoms with Crippen LogP contribution in [-0.4, -0.2) is 16.1 Å². The fourth-order valence-corrected chi connectivity index (χ4v) is 4.11. The van der Waals surface area contributed by atoms with E-state index in [9.17, 15) is 0 Å². The molecule has 1 unspecified atom stereocenters. The second kappa shape index (κ2) is 5.88. The fourth-order valence-electron chi connectivity index (χ4n) is 4.11. The number of aromatic nitrogens is 2. The van der Waals surface area contributed by atoms with Gasteiger partial charge in [0.05, 0.1) is 5.69 Å². The van der Waals surface area contributed by atoms with Gasteiger partial charge in [0.25, 0.3) is 0 Å². The van der Waals surface area contributed by atoms with Crippen molar-refractivity contribution in [2.24, 2.45) is 5.92 Å². The van der Waals surface area contributed by atoms with Crippen molar-refractivity contribution in [3.8, 4) is 0 Å². The van der Waals surface area contributed by atoms with E-state index in [0.29, 0.717) is 6.04 Å². The summed E-state index contributed by atoms with van der Waals surface area (Å²) in [6.45, 7) is 9.13. The first-order chi connectivity index (χ1) is 9.66. The van der Waals surface area contributed by atoms with Gasteiger partial charge in [-0.25, -0.2) is 4.98 Å². The smallest absolute Gasteiger partial charge is 0.112 e. The Morgan fingerprint density at radius 1 is 1.25 bits per heavy atom. The maximum atomic E-state index is 5.06. The van der Waals surface area contributed by atoms with Crippen LogP contribution in [0.25, 0.3) is 0 Å². The third-order valence-corrected chi connectivity index (χ3v) is 4.92. The summed E-state index contributed by atoms with van der Waals surface area (Å²) in [6, 6.07) is 0.597. The van der Waals surface area contributed by atoms with Crippen molar-refractivity contribution in [3.05, 3.63) is 17.2 Å². The van der Waals surface area contributed by atoms with Crippen molar-refractivity contribution >= 4 is 0 Å². The maximum absolute atomic E-state index is 5.06. The van der Waals surface area contributed by atoms with Crippen LogP contribution in [-0.2, 0) is 13.0 Å². The minimum atomic E-state index is 0.597. The molecule has 2 aliphatic rings. The molecule has 3 heteroatoms. The van der Waals surface area contributed by atoms with Gasteiger partial charge in [-0.3, -0.25) is 0 Å². The normalized spacial score (nSPS) is 21.4. The Hall–Kier alpha value is -0.830. The first-order valence-corrected chi connectivity index (χ1v) is 8.47. The van der Waals surface area contributed by atoms with E-state index in [-0.39, 0.29) is 0 Å². The standard InChI is InChI=1S/C17H29N3/c1-12(2)10-13(3)20-16-8-9-18-11-15(16)19-17(20)14-6-4-5-7-14/h12-14,18H,4-11H2,1-3H3. The molecule has 1 aromatic rings. The first-order valence-electron chi connectivity index (χ1n) is 8.47. The van der Waals surface area contributed by atoms with Gasteiger partial charge >= 0.3 is 0 Å². The molecular formula is C17H29N3. The highest BCUT2D eigenvalue weighted by atomic mass is 15.1. The average molecular weight is 275 g/mol. The number of hydrogen-bond acceptors (Lipinski definition) is 2. The van der Waals surface area contributed by atoms with Crippen molar-refractivity contribution in [2.75, 3.05) is 6.54 Å². The Balaban J connectivity index is 1.96. The molecule has 1 aromatic heterocycles. The van der Waals surface area contributed by atoms with Gasteiger partial charge in [0, 0.05) is 37.2 Å². The number of imidazole rings is 1. The summed E-state index contributed by atoms with van der Waals surface area (Å²) in [5, 5.41) is 3.48. The van der Waals surface area contributed by atoms with E-state index in [1.165, 1.54) is 49.3 Å². The lowest BCUT2D eigenvalue weighted by atomic mass is 10.0.